The molecule has 0 aliphatic carbocycles. The SMILES string of the molecule is CNc1nnc(SCC(=O)c2ccc(N(C)S(C)(=O)=O)cc2)s1. The molecule has 1 N–H and O–H groups in total. The van der Waals surface area contributed by atoms with Gasteiger partial charge in [-0.15, -0.1) is 10.2 Å². The number of sulfonamides is 1. The van der Waals surface area contributed by atoms with Crippen molar-refractivity contribution < 1.29 is 13.2 Å². The molecular formula is C13H16N4O3S3. The molecule has 1 aromatic heterocycles. The van der Waals surface area contributed by atoms with Crippen LogP contribution in [0.4, 0.5) is 10.8 Å². The predicted molar refractivity (Wildman–Crippen MR) is 94.2 cm³/mol. The van der Waals surface area contributed by atoms with Crippen LogP contribution in [0.15, 0.2) is 28.6 Å². The van der Waals surface area contributed by atoms with Gasteiger partial charge >= 0.3 is 0 Å². The van der Waals surface area contributed by atoms with E-state index in [2.05, 4.69) is 15.5 Å². The molecule has 0 saturated heterocycles. The molecular weight excluding hydrogens is 356 g/mol. The quantitative estimate of drug-likeness (QED) is 0.586. The van der Waals surface area contributed by atoms with E-state index >= 15 is 0 Å². The topological polar surface area (TPSA) is 92.3 Å². The number of carbonyl (C=O) groups is 1. The number of Topliss-reactive ketones (excluding diaryl/α,β-unsaturated/α-hetero) is 1. The second kappa shape index (κ2) is 7.28. The number of rotatable bonds is 7. The summed E-state index contributed by atoms with van der Waals surface area (Å²) in [5, 5.41) is 11.5. The van der Waals surface area contributed by atoms with E-state index in [9.17, 15) is 13.2 Å². The van der Waals surface area contributed by atoms with E-state index in [1.807, 2.05) is 0 Å². The number of thioether (sulfide) groups is 1. The number of ketones is 1. The van der Waals surface area contributed by atoms with Crippen LogP contribution in [-0.2, 0) is 10.0 Å². The lowest BCUT2D eigenvalue weighted by Gasteiger charge is -2.16. The average molecular weight is 372 g/mol. The van der Waals surface area contributed by atoms with Crippen LogP contribution in [0, 0.1) is 0 Å². The number of nitrogens with zero attached hydrogens (tertiary/aromatic N) is 3. The number of benzene rings is 1. The summed E-state index contributed by atoms with van der Waals surface area (Å²) in [4.78, 5) is 12.2. The smallest absolute Gasteiger partial charge is 0.231 e. The summed E-state index contributed by atoms with van der Waals surface area (Å²) in [6, 6.07) is 6.48. The Morgan fingerprint density at radius 1 is 1.30 bits per heavy atom. The molecule has 0 radical (unpaired) electrons. The van der Waals surface area contributed by atoms with Gasteiger partial charge in [0.05, 0.1) is 17.7 Å². The number of carbonyl (C=O) groups excluding carboxylic acids is 1. The molecule has 2 aromatic rings. The second-order valence-electron chi connectivity index (χ2n) is 4.61. The summed E-state index contributed by atoms with van der Waals surface area (Å²) in [5.74, 6) is 0.198. The highest BCUT2D eigenvalue weighted by atomic mass is 32.2. The van der Waals surface area contributed by atoms with Crippen molar-refractivity contribution in [3.05, 3.63) is 29.8 Å². The molecule has 0 bridgehead atoms. The van der Waals surface area contributed by atoms with Crippen molar-refractivity contribution in [1.82, 2.24) is 10.2 Å². The van der Waals surface area contributed by atoms with Gasteiger partial charge in [0, 0.05) is 19.7 Å². The number of hydrogen-bond acceptors (Lipinski definition) is 8. The lowest BCUT2D eigenvalue weighted by molar-refractivity contribution is 0.102. The second-order valence-corrected chi connectivity index (χ2v) is 8.83. The molecule has 23 heavy (non-hydrogen) atoms. The Kier molecular flexibility index (Phi) is 5.60. The number of anilines is 2. The Bertz CT molecular complexity index is 787. The lowest BCUT2D eigenvalue weighted by atomic mass is 10.1. The summed E-state index contributed by atoms with van der Waals surface area (Å²) in [7, 11) is -0.0828. The number of aromatic nitrogens is 2. The highest BCUT2D eigenvalue weighted by Gasteiger charge is 2.13. The average Bonchev–Trinajstić information content (AvgIpc) is 2.99. The van der Waals surface area contributed by atoms with Gasteiger partial charge in [-0.25, -0.2) is 8.42 Å². The highest BCUT2D eigenvalue weighted by molar-refractivity contribution is 8.01. The highest BCUT2D eigenvalue weighted by Crippen LogP contribution is 2.26. The molecule has 0 atom stereocenters. The number of hydrogen-bond donors (Lipinski definition) is 1. The molecule has 7 nitrogen and oxygen atoms in total. The van der Waals surface area contributed by atoms with E-state index in [4.69, 9.17) is 0 Å². The molecule has 2 rings (SSSR count). The van der Waals surface area contributed by atoms with E-state index in [0.717, 1.165) is 14.9 Å². The first-order chi connectivity index (χ1) is 10.8. The van der Waals surface area contributed by atoms with Gasteiger partial charge in [-0.1, -0.05) is 23.1 Å². The Hall–Kier alpha value is -1.65. The zero-order valence-corrected chi connectivity index (χ0v) is 15.3. The summed E-state index contributed by atoms with van der Waals surface area (Å²) < 4.78 is 24.8. The summed E-state index contributed by atoms with van der Waals surface area (Å²) in [5.41, 5.74) is 1.04. The molecule has 1 heterocycles. The van der Waals surface area contributed by atoms with E-state index in [1.54, 1.807) is 31.3 Å². The normalized spacial score (nSPS) is 11.3. The summed E-state index contributed by atoms with van der Waals surface area (Å²) >= 11 is 2.71. The van der Waals surface area contributed by atoms with Gasteiger partial charge in [0.25, 0.3) is 0 Å². The van der Waals surface area contributed by atoms with Crippen molar-refractivity contribution in [3.63, 3.8) is 0 Å². The van der Waals surface area contributed by atoms with Crippen molar-refractivity contribution in [2.24, 2.45) is 0 Å². The lowest BCUT2D eigenvalue weighted by Crippen LogP contribution is -2.24. The van der Waals surface area contributed by atoms with Gasteiger partial charge in [-0.2, -0.15) is 0 Å². The first kappa shape index (κ1) is 17.7. The van der Waals surface area contributed by atoms with Gasteiger partial charge in [-0.3, -0.25) is 9.10 Å². The minimum Gasteiger partial charge on any atom is -0.363 e. The fourth-order valence-corrected chi connectivity index (χ4v) is 3.73. The van der Waals surface area contributed by atoms with Crippen LogP contribution in [0.2, 0.25) is 0 Å². The maximum absolute atomic E-state index is 12.2. The Morgan fingerprint density at radius 3 is 2.48 bits per heavy atom. The first-order valence-corrected chi connectivity index (χ1v) is 10.2. The first-order valence-electron chi connectivity index (χ1n) is 6.52. The molecule has 0 unspecified atom stereocenters. The molecule has 124 valence electrons. The van der Waals surface area contributed by atoms with Crippen LogP contribution in [0.5, 0.6) is 0 Å². The molecule has 10 heteroatoms. The molecule has 0 spiro atoms. The molecule has 1 aromatic carbocycles. The molecule has 0 aliphatic rings. The summed E-state index contributed by atoms with van der Waals surface area (Å²) in [6.07, 6.45) is 1.13. The largest absolute Gasteiger partial charge is 0.363 e. The van der Waals surface area contributed by atoms with Crippen molar-refractivity contribution in [1.29, 1.82) is 0 Å². The minimum absolute atomic E-state index is 0.0511. The third-order valence-corrected chi connectivity index (χ3v) is 6.28. The monoisotopic (exact) mass is 372 g/mol. The van der Waals surface area contributed by atoms with Crippen molar-refractivity contribution in [3.8, 4) is 0 Å². The zero-order valence-electron chi connectivity index (χ0n) is 12.8. The Balaban J connectivity index is 2.00. The van der Waals surface area contributed by atoms with Crippen LogP contribution < -0.4 is 9.62 Å². The summed E-state index contributed by atoms with van der Waals surface area (Å²) in [6.45, 7) is 0. The van der Waals surface area contributed by atoms with Gasteiger partial charge < -0.3 is 5.32 Å². The maximum atomic E-state index is 12.2. The van der Waals surface area contributed by atoms with Crippen LogP contribution in [0.25, 0.3) is 0 Å². The third-order valence-electron chi connectivity index (χ3n) is 3.00. The molecule has 0 aliphatic heterocycles. The molecule has 0 amide bonds. The van der Waals surface area contributed by atoms with E-state index in [1.165, 1.54) is 30.1 Å². The van der Waals surface area contributed by atoms with E-state index in [0.29, 0.717) is 16.4 Å². The minimum atomic E-state index is -3.31. The van der Waals surface area contributed by atoms with Crippen molar-refractivity contribution in [2.45, 2.75) is 4.34 Å². The van der Waals surface area contributed by atoms with Crippen LogP contribution >= 0.6 is 23.1 Å². The van der Waals surface area contributed by atoms with Crippen LogP contribution in [-0.4, -0.2) is 50.5 Å². The molecule has 0 fully saturated rings. The van der Waals surface area contributed by atoms with Crippen LogP contribution in [0.3, 0.4) is 0 Å². The molecule has 0 saturated carbocycles. The van der Waals surface area contributed by atoms with E-state index in [-0.39, 0.29) is 11.5 Å². The predicted octanol–water partition coefficient (Wildman–Crippen LogP) is 1.95. The van der Waals surface area contributed by atoms with E-state index < -0.39 is 10.0 Å². The van der Waals surface area contributed by atoms with Gasteiger partial charge in [0.15, 0.2) is 10.1 Å². The fraction of sp³-hybridized carbons (Fsp3) is 0.308. The fourth-order valence-electron chi connectivity index (χ4n) is 1.63. The van der Waals surface area contributed by atoms with Gasteiger partial charge in [0.1, 0.15) is 0 Å². The standard InChI is InChI=1S/C13H16N4O3S3/c1-14-12-15-16-13(22-12)21-8-11(18)9-4-6-10(7-5-9)17(2)23(3,19)20/h4-7H,8H2,1-3H3,(H,14,15). The maximum Gasteiger partial charge on any atom is 0.231 e. The third kappa shape index (κ3) is 4.66. The Morgan fingerprint density at radius 2 is 1.96 bits per heavy atom. The number of nitrogens with one attached hydrogen (secondary N) is 1. The van der Waals surface area contributed by atoms with Crippen molar-refractivity contribution >= 4 is 49.7 Å². The van der Waals surface area contributed by atoms with Gasteiger partial charge in [-0.05, 0) is 24.3 Å². The van der Waals surface area contributed by atoms with Crippen LogP contribution in [0.1, 0.15) is 10.4 Å². The van der Waals surface area contributed by atoms with Gasteiger partial charge in [0.2, 0.25) is 15.2 Å². The van der Waals surface area contributed by atoms with Crippen molar-refractivity contribution in [2.75, 3.05) is 35.7 Å². The Labute approximate surface area is 143 Å². The zero-order chi connectivity index (χ0) is 17.0.